The fourth-order valence-corrected chi connectivity index (χ4v) is 13.8. The van der Waals surface area contributed by atoms with E-state index in [1.54, 1.807) is 5.57 Å². The standard InChI is InChI=1S/C15H26O.C15H26.C9H15Cl.C6H10O.S5/c1-13(2)8-7-9-14(3,12-13)15(16)10-5-4-6-11-15;1-14(2)10-7-11-15(3,12-14)13-8-5-4-6-9-13;1-7-4-8(10)6-9(2,3)5-7;7-6-4-2-1-3-5-6;1-3-5-4-2/h7,9,16H,4-6,8,10-12H2,1-3H3;8H,4-7,9-12H2,1-3H3;4,8H,5-6H2,1-3H3;1-5H2;/t14-;15-;;;/m00.../s1. The summed E-state index contributed by atoms with van der Waals surface area (Å²) in [6.45, 7) is 21.0. The van der Waals surface area contributed by atoms with E-state index in [1.807, 2.05) is 0 Å². The number of Topliss-reactive ketones (excluding diaryl/α,β-unsaturated/α-hetero) is 1. The summed E-state index contributed by atoms with van der Waals surface area (Å²) < 4.78 is 0. The summed E-state index contributed by atoms with van der Waals surface area (Å²) in [5.41, 5.74) is 4.67. The Morgan fingerprint density at radius 3 is 1.79 bits per heavy atom. The summed E-state index contributed by atoms with van der Waals surface area (Å²) in [5.74, 6) is 0.464. The largest absolute Gasteiger partial charge is 0.389 e. The van der Waals surface area contributed by atoms with Crippen molar-refractivity contribution >= 4 is 66.4 Å². The van der Waals surface area contributed by atoms with E-state index in [0.29, 0.717) is 27.4 Å². The maximum absolute atomic E-state index is 10.9. The minimum atomic E-state index is -0.445. The molecule has 0 heterocycles. The van der Waals surface area contributed by atoms with E-state index < -0.39 is 5.60 Å². The highest BCUT2D eigenvalue weighted by atomic mass is 35.5. The number of carbonyl (C=O) groups is 1. The highest BCUT2D eigenvalue weighted by Crippen LogP contribution is 2.53. The SMILES string of the molecule is CC1(C)CC=C[C@](C)(C2(O)CCCCC2)C1.CC1(C)CCC[C@](C)(C2=CCCCC2)C1.CC1=CC(Cl)CC(C)(C)C1.O=C1CCCCC1.S=S=S=S=S. The first-order chi connectivity index (χ1) is 24.7. The molecule has 306 valence electrons. The van der Waals surface area contributed by atoms with E-state index in [-0.39, 0.29) is 10.8 Å². The molecule has 0 aromatic rings. The minimum absolute atomic E-state index is 0.00479. The maximum Gasteiger partial charge on any atom is 0.132 e. The molecule has 0 spiro atoms. The molecule has 3 atom stereocenters. The van der Waals surface area contributed by atoms with Crippen molar-refractivity contribution in [3.8, 4) is 0 Å². The number of halogens is 1. The van der Waals surface area contributed by atoms with E-state index in [0.717, 1.165) is 57.8 Å². The molecular weight excluding hydrogens is 768 g/mol. The predicted molar refractivity (Wildman–Crippen MR) is 247 cm³/mol. The van der Waals surface area contributed by atoms with Gasteiger partial charge in [0, 0.05) is 67.3 Å². The van der Waals surface area contributed by atoms with Crippen molar-refractivity contribution in [3.05, 3.63) is 35.5 Å². The molecule has 3 saturated carbocycles. The topological polar surface area (TPSA) is 37.3 Å². The number of aliphatic hydroxyl groups is 1. The van der Waals surface area contributed by atoms with Crippen LogP contribution in [0.5, 0.6) is 0 Å². The highest BCUT2D eigenvalue weighted by Gasteiger charge is 2.49. The summed E-state index contributed by atoms with van der Waals surface area (Å²) in [6.07, 6.45) is 36.1. The fraction of sp³-hybridized carbons (Fsp3) is 0.844. The third kappa shape index (κ3) is 18.1. The molecule has 6 aliphatic carbocycles. The van der Waals surface area contributed by atoms with Crippen LogP contribution < -0.4 is 0 Å². The van der Waals surface area contributed by atoms with Gasteiger partial charge in [-0.3, -0.25) is 4.79 Å². The first kappa shape index (κ1) is 49.4. The molecule has 8 heteroatoms. The average molecular weight is 846 g/mol. The first-order valence-corrected chi connectivity index (χ1v) is 26.6. The molecule has 0 amide bonds. The molecule has 0 aliphatic heterocycles. The minimum Gasteiger partial charge on any atom is -0.389 e. The van der Waals surface area contributed by atoms with Gasteiger partial charge in [0.05, 0.1) is 11.0 Å². The Morgan fingerprint density at radius 2 is 1.34 bits per heavy atom. The van der Waals surface area contributed by atoms with Crippen LogP contribution in [0.15, 0.2) is 35.5 Å². The summed E-state index contributed by atoms with van der Waals surface area (Å²) in [7, 11) is 3.95. The second-order valence-electron chi connectivity index (χ2n) is 20.1. The lowest BCUT2D eigenvalue weighted by Gasteiger charge is -2.51. The van der Waals surface area contributed by atoms with E-state index >= 15 is 0 Å². The van der Waals surface area contributed by atoms with Crippen LogP contribution in [0, 0.1) is 27.1 Å². The Morgan fingerprint density at radius 1 is 0.736 bits per heavy atom. The van der Waals surface area contributed by atoms with E-state index in [1.165, 1.54) is 116 Å². The monoisotopic (exact) mass is 844 g/mol. The van der Waals surface area contributed by atoms with Crippen LogP contribution in [-0.2, 0) is 53.8 Å². The Labute approximate surface area is 350 Å². The van der Waals surface area contributed by atoms with Crippen molar-refractivity contribution in [1.82, 2.24) is 0 Å². The molecule has 0 aromatic heterocycles. The molecule has 0 saturated heterocycles. The van der Waals surface area contributed by atoms with Gasteiger partial charge in [-0.25, -0.2) is 0 Å². The third-order valence-electron chi connectivity index (χ3n) is 12.7. The van der Waals surface area contributed by atoms with Gasteiger partial charge in [-0.2, -0.15) is 0 Å². The second-order valence-corrected chi connectivity index (χ2v) is 25.9. The average Bonchev–Trinajstić information content (AvgIpc) is 3.05. The number of rotatable bonds is 2. The van der Waals surface area contributed by atoms with Gasteiger partial charge >= 0.3 is 0 Å². The van der Waals surface area contributed by atoms with Crippen LogP contribution in [0.1, 0.15) is 204 Å². The van der Waals surface area contributed by atoms with E-state index in [9.17, 15) is 9.90 Å². The Balaban J connectivity index is 0.000000243. The number of ketones is 1. The zero-order chi connectivity index (χ0) is 39.8. The Kier molecular flexibility index (Phi) is 21.4. The molecule has 6 aliphatic rings. The van der Waals surface area contributed by atoms with Crippen molar-refractivity contribution < 1.29 is 9.90 Å². The van der Waals surface area contributed by atoms with Crippen molar-refractivity contribution in [2.75, 3.05) is 0 Å². The van der Waals surface area contributed by atoms with Gasteiger partial charge in [-0.1, -0.05) is 123 Å². The maximum atomic E-state index is 10.9. The van der Waals surface area contributed by atoms with Gasteiger partial charge in [0.15, 0.2) is 0 Å². The Hall–Kier alpha value is 0.240. The molecule has 2 nitrogen and oxygen atoms in total. The quantitative estimate of drug-likeness (QED) is 0.222. The molecule has 0 aromatic carbocycles. The summed E-state index contributed by atoms with van der Waals surface area (Å²) in [6, 6.07) is 0. The van der Waals surface area contributed by atoms with Gasteiger partial charge < -0.3 is 5.11 Å². The van der Waals surface area contributed by atoms with Gasteiger partial charge in [-0.05, 0) is 125 Å². The van der Waals surface area contributed by atoms with E-state index in [4.69, 9.17) is 11.6 Å². The zero-order valence-corrected chi connectivity index (χ0v) is 40.1. The molecule has 53 heavy (non-hydrogen) atoms. The van der Waals surface area contributed by atoms with Crippen LogP contribution >= 0.6 is 11.6 Å². The lowest BCUT2D eigenvalue weighted by atomic mass is 9.57. The number of allylic oxidation sites excluding steroid dienone is 5. The summed E-state index contributed by atoms with van der Waals surface area (Å²) >= 11 is 14.9. The number of carbonyl (C=O) groups excluding carboxylic acids is 1. The van der Waals surface area contributed by atoms with Crippen LogP contribution in [0.3, 0.4) is 0 Å². The van der Waals surface area contributed by atoms with Gasteiger partial charge in [0.1, 0.15) is 5.78 Å². The smallest absolute Gasteiger partial charge is 0.132 e. The number of hydrogen-bond donors (Lipinski definition) is 1. The lowest BCUT2D eigenvalue weighted by Crippen LogP contribution is -2.49. The van der Waals surface area contributed by atoms with Gasteiger partial charge in [0.25, 0.3) is 0 Å². The normalized spacial score (nSPS) is 30.9. The molecule has 1 unspecified atom stereocenters. The molecule has 0 bridgehead atoms. The van der Waals surface area contributed by atoms with Crippen LogP contribution in [-0.4, -0.2) is 21.9 Å². The van der Waals surface area contributed by atoms with Crippen molar-refractivity contribution in [1.29, 1.82) is 0 Å². The summed E-state index contributed by atoms with van der Waals surface area (Å²) in [5, 5.41) is 11.2. The molecule has 3 fully saturated rings. The molecule has 1 N–H and O–H groups in total. The predicted octanol–water partition coefficient (Wildman–Crippen LogP) is 14.0. The van der Waals surface area contributed by atoms with E-state index in [2.05, 4.69) is 109 Å². The van der Waals surface area contributed by atoms with Crippen LogP contribution in [0.4, 0.5) is 0 Å². The Bertz CT molecular complexity index is 1350. The van der Waals surface area contributed by atoms with Crippen molar-refractivity contribution in [3.63, 3.8) is 0 Å². The lowest BCUT2D eigenvalue weighted by molar-refractivity contribution is -0.120. The number of hydrogen-bond acceptors (Lipinski definition) is 4. The van der Waals surface area contributed by atoms with Crippen molar-refractivity contribution in [2.45, 2.75) is 215 Å². The molecular formula is C45H77ClO2S5. The van der Waals surface area contributed by atoms with Gasteiger partial charge in [-0.15, -0.1) is 11.6 Å². The second kappa shape index (κ2) is 23.0. The number of alkyl halides is 1. The van der Waals surface area contributed by atoms with Crippen LogP contribution in [0.25, 0.3) is 0 Å². The van der Waals surface area contributed by atoms with Crippen molar-refractivity contribution in [2.24, 2.45) is 27.1 Å². The first-order valence-electron chi connectivity index (χ1n) is 20.9. The third-order valence-corrected chi connectivity index (χ3v) is 17.4. The molecule has 6 rings (SSSR count). The highest BCUT2D eigenvalue weighted by molar-refractivity contribution is 8.59. The molecule has 0 radical (unpaired) electrons. The summed E-state index contributed by atoms with van der Waals surface area (Å²) in [4.78, 5) is 10.5. The van der Waals surface area contributed by atoms with Gasteiger partial charge in [0.2, 0.25) is 0 Å². The van der Waals surface area contributed by atoms with Crippen LogP contribution in [0.2, 0.25) is 0 Å². The fourth-order valence-electron chi connectivity index (χ4n) is 10.4. The zero-order valence-electron chi connectivity index (χ0n) is 35.2.